The van der Waals surface area contributed by atoms with Crippen molar-refractivity contribution >= 4 is 9.84 Å². The van der Waals surface area contributed by atoms with E-state index in [4.69, 9.17) is 4.74 Å². The van der Waals surface area contributed by atoms with E-state index in [-0.39, 0.29) is 21.9 Å². The maximum Gasteiger partial charge on any atom is 0.314 e. The van der Waals surface area contributed by atoms with Crippen molar-refractivity contribution in [2.24, 2.45) is 0 Å². The molecule has 0 spiro atoms. The molecule has 0 saturated carbocycles. The second-order valence-corrected chi connectivity index (χ2v) is 10.00. The van der Waals surface area contributed by atoms with E-state index in [1.807, 2.05) is 0 Å². The van der Waals surface area contributed by atoms with Gasteiger partial charge in [0.15, 0.2) is 27.2 Å². The Bertz CT molecular complexity index is 1330. The van der Waals surface area contributed by atoms with Gasteiger partial charge in [-0.2, -0.15) is 9.78 Å². The normalized spacial score (nSPS) is 13.1. The van der Waals surface area contributed by atoms with Gasteiger partial charge in [-0.05, 0) is 43.7 Å². The molecular weight excluding hydrogens is 458 g/mol. The van der Waals surface area contributed by atoms with Gasteiger partial charge in [-0.25, -0.2) is 17.2 Å². The summed E-state index contributed by atoms with van der Waals surface area (Å²) >= 11 is 0. The summed E-state index contributed by atoms with van der Waals surface area (Å²) in [6.45, 7) is 2.25. The summed E-state index contributed by atoms with van der Waals surface area (Å²) in [5.41, 5.74) is -1.87. The van der Waals surface area contributed by atoms with E-state index in [9.17, 15) is 32.2 Å². The number of aromatic nitrogens is 2. The van der Waals surface area contributed by atoms with Gasteiger partial charge in [-0.15, -0.1) is 0 Å². The summed E-state index contributed by atoms with van der Waals surface area (Å²) in [6.07, 6.45) is 0.936. The summed E-state index contributed by atoms with van der Waals surface area (Å²) in [6, 6.07) is 8.39. The lowest BCUT2D eigenvalue weighted by molar-refractivity contribution is -0.0663. The second kappa shape index (κ2) is 9.00. The fraction of sp³-hybridized carbons (Fsp3) is 0.273. The van der Waals surface area contributed by atoms with Gasteiger partial charge in [0.25, 0.3) is 0 Å². The highest BCUT2D eigenvalue weighted by Gasteiger charge is 2.26. The molecule has 33 heavy (non-hydrogen) atoms. The van der Waals surface area contributed by atoms with Crippen LogP contribution in [0, 0.1) is 11.6 Å². The number of ether oxygens (including phenoxy) is 1. The number of hydrogen-bond donors (Lipinski definition) is 2. The second-order valence-electron chi connectivity index (χ2n) is 7.98. The van der Waals surface area contributed by atoms with Gasteiger partial charge in [-0.1, -0.05) is 12.1 Å². The van der Waals surface area contributed by atoms with Crippen molar-refractivity contribution in [1.82, 2.24) is 9.78 Å². The molecule has 11 heteroatoms. The Balaban J connectivity index is 2.13. The Labute approximate surface area is 188 Å². The van der Waals surface area contributed by atoms with E-state index >= 15 is 0 Å². The van der Waals surface area contributed by atoms with Crippen LogP contribution in [0.3, 0.4) is 0 Å². The van der Waals surface area contributed by atoms with E-state index in [2.05, 4.69) is 5.10 Å². The van der Waals surface area contributed by atoms with Crippen LogP contribution in [0.25, 0.3) is 16.8 Å². The third kappa shape index (κ3) is 5.44. The molecule has 0 unspecified atom stereocenters. The third-order valence-electron chi connectivity index (χ3n) is 4.88. The Morgan fingerprint density at radius 3 is 2.30 bits per heavy atom. The Kier molecular flexibility index (Phi) is 6.68. The highest BCUT2D eigenvalue weighted by atomic mass is 32.2. The van der Waals surface area contributed by atoms with Gasteiger partial charge in [0.1, 0.15) is 12.7 Å². The van der Waals surface area contributed by atoms with Gasteiger partial charge >= 0.3 is 5.56 Å². The van der Waals surface area contributed by atoms with Gasteiger partial charge < -0.3 is 14.9 Å². The van der Waals surface area contributed by atoms with E-state index in [0.717, 1.165) is 29.1 Å². The zero-order valence-electron chi connectivity index (χ0n) is 18.0. The number of hydrogen-bond acceptors (Lipinski definition) is 7. The van der Waals surface area contributed by atoms with E-state index in [0.29, 0.717) is 5.56 Å². The maximum atomic E-state index is 13.7. The van der Waals surface area contributed by atoms with Crippen LogP contribution in [-0.2, 0) is 9.84 Å². The van der Waals surface area contributed by atoms with Crippen molar-refractivity contribution in [2.45, 2.75) is 30.4 Å². The quantitative estimate of drug-likeness (QED) is 0.532. The van der Waals surface area contributed by atoms with Gasteiger partial charge in [0.2, 0.25) is 0 Å². The molecule has 176 valence electrons. The van der Waals surface area contributed by atoms with Crippen molar-refractivity contribution in [3.05, 3.63) is 70.6 Å². The van der Waals surface area contributed by atoms with E-state index in [1.165, 1.54) is 44.3 Å². The molecular formula is C22H22F2N2O6S. The average Bonchev–Trinajstić information content (AvgIpc) is 2.73. The molecule has 0 fully saturated rings. The number of halogens is 2. The number of aliphatic hydroxyl groups is 2. The van der Waals surface area contributed by atoms with Crippen LogP contribution >= 0.6 is 0 Å². The van der Waals surface area contributed by atoms with Crippen LogP contribution < -0.4 is 10.3 Å². The predicted molar refractivity (Wildman–Crippen MR) is 116 cm³/mol. The van der Waals surface area contributed by atoms with Crippen molar-refractivity contribution in [3.63, 3.8) is 0 Å². The molecule has 2 aromatic carbocycles. The molecule has 1 aromatic heterocycles. The van der Waals surface area contributed by atoms with E-state index in [1.54, 1.807) is 0 Å². The summed E-state index contributed by atoms with van der Waals surface area (Å²) in [5, 5.41) is 24.1. The molecule has 0 aliphatic carbocycles. The predicted octanol–water partition coefficient (Wildman–Crippen LogP) is 2.09. The lowest BCUT2D eigenvalue weighted by Gasteiger charge is -2.24. The number of rotatable bonds is 7. The highest BCUT2D eigenvalue weighted by Crippen LogP contribution is 2.28. The first kappa shape index (κ1) is 24.5. The molecule has 8 nitrogen and oxygen atoms in total. The molecule has 3 aromatic rings. The number of sulfone groups is 1. The zero-order valence-corrected chi connectivity index (χ0v) is 18.8. The molecule has 0 radical (unpaired) electrons. The standard InChI is InChI=1S/C22H22F2N2O6S/c1-22(2,29)19(27)12-32-20-16(13-4-7-15(8-5-13)33(3,30)31)11-25-26(21(20)28)14-6-9-17(23)18(24)10-14/h4-11,19,27,29H,12H2,1-3H3/t19-/m0/s1. The largest absolute Gasteiger partial charge is 0.484 e. The molecule has 0 aliphatic heterocycles. The smallest absolute Gasteiger partial charge is 0.314 e. The molecule has 0 saturated heterocycles. The summed E-state index contributed by atoms with van der Waals surface area (Å²) in [4.78, 5) is 13.2. The Morgan fingerprint density at radius 1 is 1.12 bits per heavy atom. The van der Waals surface area contributed by atoms with Gasteiger partial charge in [0.05, 0.1) is 22.4 Å². The fourth-order valence-electron chi connectivity index (χ4n) is 2.83. The van der Waals surface area contributed by atoms with Crippen molar-refractivity contribution in [3.8, 4) is 22.6 Å². The maximum absolute atomic E-state index is 13.7. The van der Waals surface area contributed by atoms with Crippen LogP contribution in [-0.4, -0.2) is 53.0 Å². The van der Waals surface area contributed by atoms with Crippen LogP contribution in [0.1, 0.15) is 13.8 Å². The van der Waals surface area contributed by atoms with Crippen LogP contribution in [0.2, 0.25) is 0 Å². The van der Waals surface area contributed by atoms with Crippen molar-refractivity contribution in [1.29, 1.82) is 0 Å². The van der Waals surface area contributed by atoms with Crippen LogP contribution in [0.5, 0.6) is 5.75 Å². The zero-order chi connectivity index (χ0) is 24.6. The minimum absolute atomic E-state index is 0.0641. The highest BCUT2D eigenvalue weighted by molar-refractivity contribution is 7.90. The monoisotopic (exact) mass is 480 g/mol. The molecule has 0 aliphatic rings. The summed E-state index contributed by atoms with van der Waals surface area (Å²) < 4.78 is 56.8. The fourth-order valence-corrected chi connectivity index (χ4v) is 3.46. The molecule has 2 N–H and O–H groups in total. The third-order valence-corrected chi connectivity index (χ3v) is 6.00. The molecule has 0 bridgehead atoms. The van der Waals surface area contributed by atoms with Crippen LogP contribution in [0.15, 0.2) is 58.4 Å². The van der Waals surface area contributed by atoms with Crippen molar-refractivity contribution in [2.75, 3.05) is 12.9 Å². The molecule has 1 atom stereocenters. The topological polar surface area (TPSA) is 119 Å². The van der Waals surface area contributed by atoms with Gasteiger partial charge in [-0.3, -0.25) is 4.79 Å². The van der Waals surface area contributed by atoms with Gasteiger partial charge in [0, 0.05) is 17.9 Å². The Morgan fingerprint density at radius 2 is 1.76 bits per heavy atom. The summed E-state index contributed by atoms with van der Waals surface area (Å²) in [7, 11) is -3.45. The molecule has 0 amide bonds. The lowest BCUT2D eigenvalue weighted by Crippen LogP contribution is -2.40. The Hall–Kier alpha value is -3.15. The molecule has 3 rings (SSSR count). The van der Waals surface area contributed by atoms with Crippen molar-refractivity contribution < 1.29 is 32.1 Å². The average molecular weight is 480 g/mol. The first-order chi connectivity index (χ1) is 15.3. The molecule has 1 heterocycles. The number of nitrogens with zero attached hydrogens (tertiary/aromatic N) is 2. The lowest BCUT2D eigenvalue weighted by atomic mass is 10.0. The SMILES string of the molecule is CC(C)(O)[C@@H](O)COc1c(-c2ccc(S(C)(=O)=O)cc2)cnn(-c2ccc(F)c(F)c2)c1=O. The minimum Gasteiger partial charge on any atom is -0.484 e. The first-order valence-corrected chi connectivity index (χ1v) is 11.6. The van der Waals surface area contributed by atoms with E-state index < -0.39 is 45.3 Å². The minimum atomic E-state index is -3.45. The first-order valence-electron chi connectivity index (χ1n) is 9.70. The van der Waals surface area contributed by atoms with Crippen LogP contribution in [0.4, 0.5) is 8.78 Å². The summed E-state index contributed by atoms with van der Waals surface area (Å²) in [5.74, 6) is -2.56. The number of benzene rings is 2. The number of aliphatic hydroxyl groups excluding tert-OH is 1.